The number of esters is 1. The molecular formula is C13H20N2O6. The number of amides is 2. The average Bonchev–Trinajstić information content (AvgIpc) is 2.42. The van der Waals surface area contributed by atoms with Crippen LogP contribution in [0.1, 0.15) is 25.7 Å². The lowest BCUT2D eigenvalue weighted by atomic mass is 9.77. The fraction of sp³-hybridized carbons (Fsp3) is 0.769. The van der Waals surface area contributed by atoms with Gasteiger partial charge in [-0.25, -0.2) is 9.59 Å². The van der Waals surface area contributed by atoms with Gasteiger partial charge in [0.1, 0.15) is 5.54 Å². The first-order valence-electron chi connectivity index (χ1n) is 6.96. The van der Waals surface area contributed by atoms with E-state index in [1.165, 1.54) is 12.0 Å². The summed E-state index contributed by atoms with van der Waals surface area (Å²) in [6.45, 7) is 0.936. The van der Waals surface area contributed by atoms with E-state index in [0.29, 0.717) is 26.0 Å². The fourth-order valence-electron chi connectivity index (χ4n) is 2.50. The van der Waals surface area contributed by atoms with Crippen molar-refractivity contribution < 1.29 is 29.0 Å². The Kier molecular flexibility index (Phi) is 4.66. The molecule has 2 rings (SSSR count). The van der Waals surface area contributed by atoms with Gasteiger partial charge in [-0.3, -0.25) is 4.79 Å². The number of methoxy groups -OCH3 is 1. The normalized spacial score (nSPS) is 23.9. The number of aliphatic carboxylic acids is 1. The average molecular weight is 300 g/mol. The molecule has 1 atom stereocenters. The minimum atomic E-state index is -1.13. The molecular weight excluding hydrogens is 280 g/mol. The molecule has 0 aromatic heterocycles. The SMILES string of the molecule is COC(=O)CC1CN(C(=O)NC2(C(=O)O)CCC2)CCO1. The molecule has 1 saturated heterocycles. The van der Waals surface area contributed by atoms with E-state index in [0.717, 1.165) is 6.42 Å². The van der Waals surface area contributed by atoms with Crippen molar-refractivity contribution in [3.8, 4) is 0 Å². The Labute approximate surface area is 122 Å². The van der Waals surface area contributed by atoms with Crippen molar-refractivity contribution in [2.75, 3.05) is 26.8 Å². The lowest BCUT2D eigenvalue weighted by Gasteiger charge is -2.41. The first kappa shape index (κ1) is 15.6. The van der Waals surface area contributed by atoms with Gasteiger partial charge in [-0.2, -0.15) is 0 Å². The molecule has 8 heteroatoms. The summed E-state index contributed by atoms with van der Waals surface area (Å²) < 4.78 is 9.98. The number of urea groups is 1. The maximum Gasteiger partial charge on any atom is 0.329 e. The Bertz CT molecular complexity index is 434. The predicted molar refractivity (Wildman–Crippen MR) is 70.7 cm³/mol. The molecule has 1 saturated carbocycles. The molecule has 8 nitrogen and oxygen atoms in total. The number of carbonyl (C=O) groups is 3. The second-order valence-electron chi connectivity index (χ2n) is 5.39. The highest BCUT2D eigenvalue weighted by Crippen LogP contribution is 2.32. The molecule has 0 aromatic carbocycles. The molecule has 1 aliphatic heterocycles. The lowest BCUT2D eigenvalue weighted by molar-refractivity contribution is -0.148. The van der Waals surface area contributed by atoms with Crippen molar-refractivity contribution in [2.24, 2.45) is 0 Å². The van der Waals surface area contributed by atoms with Gasteiger partial charge in [0, 0.05) is 13.1 Å². The van der Waals surface area contributed by atoms with Crippen LogP contribution in [-0.4, -0.2) is 66.4 Å². The zero-order valence-electron chi connectivity index (χ0n) is 12.0. The topological polar surface area (TPSA) is 105 Å². The molecule has 0 aromatic rings. The van der Waals surface area contributed by atoms with Gasteiger partial charge in [0.2, 0.25) is 0 Å². The first-order valence-corrected chi connectivity index (χ1v) is 6.96. The largest absolute Gasteiger partial charge is 0.480 e. The van der Waals surface area contributed by atoms with Crippen molar-refractivity contribution in [3.63, 3.8) is 0 Å². The molecule has 2 fully saturated rings. The second kappa shape index (κ2) is 6.30. The Morgan fingerprint density at radius 3 is 2.67 bits per heavy atom. The molecule has 1 heterocycles. The van der Waals surface area contributed by atoms with E-state index in [4.69, 9.17) is 4.74 Å². The van der Waals surface area contributed by atoms with Gasteiger partial charge in [-0.1, -0.05) is 0 Å². The third kappa shape index (κ3) is 3.44. The van der Waals surface area contributed by atoms with E-state index in [9.17, 15) is 19.5 Å². The molecule has 0 radical (unpaired) electrons. The van der Waals surface area contributed by atoms with E-state index >= 15 is 0 Å². The van der Waals surface area contributed by atoms with Gasteiger partial charge in [0.05, 0.1) is 26.2 Å². The zero-order chi connectivity index (χ0) is 15.5. The molecule has 0 bridgehead atoms. The van der Waals surface area contributed by atoms with Crippen molar-refractivity contribution in [2.45, 2.75) is 37.3 Å². The van der Waals surface area contributed by atoms with Gasteiger partial charge in [0.15, 0.2) is 0 Å². The molecule has 1 unspecified atom stereocenters. The smallest absolute Gasteiger partial charge is 0.329 e. The van der Waals surface area contributed by atoms with Crippen LogP contribution in [0.5, 0.6) is 0 Å². The highest BCUT2D eigenvalue weighted by molar-refractivity contribution is 5.87. The number of carbonyl (C=O) groups excluding carboxylic acids is 2. The van der Waals surface area contributed by atoms with Crippen molar-refractivity contribution >= 4 is 18.0 Å². The van der Waals surface area contributed by atoms with Crippen LogP contribution in [0.25, 0.3) is 0 Å². The van der Waals surface area contributed by atoms with Gasteiger partial charge >= 0.3 is 18.0 Å². The Morgan fingerprint density at radius 2 is 2.14 bits per heavy atom. The Balaban J connectivity index is 1.90. The third-order valence-electron chi connectivity index (χ3n) is 4.01. The quantitative estimate of drug-likeness (QED) is 0.706. The summed E-state index contributed by atoms with van der Waals surface area (Å²) in [6, 6.07) is -0.421. The summed E-state index contributed by atoms with van der Waals surface area (Å²) in [7, 11) is 1.29. The van der Waals surface area contributed by atoms with Crippen LogP contribution in [0.15, 0.2) is 0 Å². The van der Waals surface area contributed by atoms with Gasteiger partial charge in [0.25, 0.3) is 0 Å². The van der Waals surface area contributed by atoms with Crippen LogP contribution in [-0.2, 0) is 19.1 Å². The van der Waals surface area contributed by atoms with Crippen LogP contribution in [0.2, 0.25) is 0 Å². The summed E-state index contributed by atoms with van der Waals surface area (Å²) in [6.07, 6.45) is 1.35. The number of ether oxygens (including phenoxy) is 2. The highest BCUT2D eigenvalue weighted by atomic mass is 16.5. The maximum atomic E-state index is 12.2. The number of hydrogen-bond donors (Lipinski definition) is 2. The van der Waals surface area contributed by atoms with E-state index in [-0.39, 0.29) is 13.0 Å². The summed E-state index contributed by atoms with van der Waals surface area (Å²) in [4.78, 5) is 36.2. The summed E-state index contributed by atoms with van der Waals surface area (Å²) in [5.74, 6) is -1.40. The fourth-order valence-corrected chi connectivity index (χ4v) is 2.50. The predicted octanol–water partition coefficient (Wildman–Crippen LogP) is -0.0328. The van der Waals surface area contributed by atoms with Gasteiger partial charge in [-0.15, -0.1) is 0 Å². The molecule has 118 valence electrons. The highest BCUT2D eigenvalue weighted by Gasteiger charge is 2.46. The number of hydrogen-bond acceptors (Lipinski definition) is 5. The second-order valence-corrected chi connectivity index (χ2v) is 5.39. The number of nitrogens with one attached hydrogen (secondary N) is 1. The van der Waals surface area contributed by atoms with E-state index in [2.05, 4.69) is 10.1 Å². The van der Waals surface area contributed by atoms with Crippen LogP contribution < -0.4 is 5.32 Å². The number of nitrogens with zero attached hydrogens (tertiary/aromatic N) is 1. The third-order valence-corrected chi connectivity index (χ3v) is 4.01. The van der Waals surface area contributed by atoms with Crippen LogP contribution >= 0.6 is 0 Å². The number of rotatable bonds is 4. The maximum absolute atomic E-state index is 12.2. The van der Waals surface area contributed by atoms with Crippen LogP contribution in [0.3, 0.4) is 0 Å². The lowest BCUT2D eigenvalue weighted by Crippen LogP contribution is -2.63. The molecule has 21 heavy (non-hydrogen) atoms. The molecule has 0 spiro atoms. The first-order chi connectivity index (χ1) is 9.97. The van der Waals surface area contributed by atoms with Gasteiger partial charge < -0.3 is 24.8 Å². The summed E-state index contributed by atoms with van der Waals surface area (Å²) in [5.41, 5.74) is -1.13. The van der Waals surface area contributed by atoms with Crippen molar-refractivity contribution in [3.05, 3.63) is 0 Å². The Morgan fingerprint density at radius 1 is 1.43 bits per heavy atom. The van der Waals surface area contributed by atoms with Crippen molar-refractivity contribution in [1.29, 1.82) is 0 Å². The zero-order valence-corrected chi connectivity index (χ0v) is 12.0. The minimum absolute atomic E-state index is 0.0738. The van der Waals surface area contributed by atoms with Crippen LogP contribution in [0.4, 0.5) is 4.79 Å². The van der Waals surface area contributed by atoms with E-state index < -0.39 is 29.6 Å². The standard InChI is InChI=1S/C13H20N2O6/c1-20-10(16)7-9-8-15(5-6-21-9)12(19)14-13(11(17)18)3-2-4-13/h9H,2-8H2,1H3,(H,14,19)(H,17,18). The molecule has 2 amide bonds. The number of carboxylic acid groups (broad SMARTS) is 1. The molecule has 2 aliphatic rings. The molecule has 2 N–H and O–H groups in total. The molecule has 1 aliphatic carbocycles. The van der Waals surface area contributed by atoms with E-state index in [1.807, 2.05) is 0 Å². The Hall–Kier alpha value is -1.83. The minimum Gasteiger partial charge on any atom is -0.480 e. The monoisotopic (exact) mass is 300 g/mol. The summed E-state index contributed by atoms with van der Waals surface area (Å²) >= 11 is 0. The summed E-state index contributed by atoms with van der Waals surface area (Å²) in [5, 5.41) is 11.8. The number of morpholine rings is 1. The van der Waals surface area contributed by atoms with Crippen molar-refractivity contribution in [1.82, 2.24) is 10.2 Å². The van der Waals surface area contributed by atoms with E-state index in [1.54, 1.807) is 0 Å². The van der Waals surface area contributed by atoms with Gasteiger partial charge in [-0.05, 0) is 19.3 Å². The van der Waals surface area contributed by atoms with Crippen LogP contribution in [0, 0.1) is 0 Å². The number of carboxylic acids is 1.